The van der Waals surface area contributed by atoms with Crippen molar-refractivity contribution in [3.63, 3.8) is 0 Å². The molecule has 6 atom stereocenters. The SMILES string of the molecule is COCCOCCOCCOCCOCCOCCOCCOCCOCCOCCOCCOCC(=O)NCCCC[C@@H](CC(=O)CCCCCN1C(=O)C=CC1=O)C(=O)N[C@H](C)C(=O)C[C@H](C(=O)N[C@@H](C)C(=O)Cc1ccc(COC(=O)CCCOC23CC4(C)CC(C)(CC(Cn5ncc(-c6ccc(N7CCc8cccc(C(=O)Nc9nc%10ccccc%10s9)c8C7)nc6C(=O)O)c5C)(C4)C2)C3)cc1)C(C)C. The molecule has 5 N–H and O–H groups in total. The van der Waals surface area contributed by atoms with Crippen LogP contribution in [0.1, 0.15) is 199 Å². The number of carbonyl (C=O) groups excluding carboxylic acids is 10. The molecule has 4 fully saturated rings. The molecule has 2 unspecified atom stereocenters. The highest BCUT2D eigenvalue weighted by Gasteiger charge is 2.66. The predicted octanol–water partition coefficient (Wildman–Crippen LogP) is 11.6. The van der Waals surface area contributed by atoms with Crippen molar-refractivity contribution in [2.24, 2.45) is 34.0 Å². The Morgan fingerprint density at radius 3 is 1.73 bits per heavy atom. The zero-order valence-electron chi connectivity index (χ0n) is 84.5. The minimum absolute atomic E-state index is 0.00968. The number of unbranched alkanes of at least 4 members (excludes halogenated alkanes) is 3. The highest BCUT2D eigenvalue weighted by molar-refractivity contribution is 7.22. The maximum Gasteiger partial charge on any atom is 0.355 e. The van der Waals surface area contributed by atoms with Crippen molar-refractivity contribution >= 4 is 97.2 Å². The Morgan fingerprint density at radius 2 is 1.14 bits per heavy atom. The van der Waals surface area contributed by atoms with Crippen LogP contribution in [0, 0.1) is 40.9 Å². The molecule has 3 aromatic heterocycles. The average molecular weight is 2010 g/mol. The summed E-state index contributed by atoms with van der Waals surface area (Å²) in [7, 11) is 1.63. The number of aromatic nitrogens is 4. The number of amides is 6. The first-order valence-corrected chi connectivity index (χ1v) is 51.3. The number of hydrogen-bond acceptors (Lipinski definition) is 30. The molecule has 4 saturated carbocycles. The van der Waals surface area contributed by atoms with E-state index >= 15 is 0 Å². The number of ketones is 3. The number of imide groups is 1. The second kappa shape index (κ2) is 58.3. The predicted molar refractivity (Wildman–Crippen MR) is 533 cm³/mol. The average Bonchev–Trinajstić information content (AvgIpc) is 1.14. The van der Waals surface area contributed by atoms with Gasteiger partial charge in [-0.1, -0.05) is 100 Å². The second-order valence-corrected chi connectivity index (χ2v) is 40.1. The van der Waals surface area contributed by atoms with Gasteiger partial charge in [0, 0.05) is 125 Å². The third kappa shape index (κ3) is 36.5. The number of carbonyl (C=O) groups is 11. The van der Waals surface area contributed by atoms with Gasteiger partial charge in [-0.05, 0) is 173 Å². The quantitative estimate of drug-likeness (QED) is 0.0134. The van der Waals surface area contributed by atoms with Crippen molar-refractivity contribution in [3.05, 3.63) is 136 Å². The second-order valence-electron chi connectivity index (χ2n) is 39.1. The normalized spacial score (nSPS) is 18.8. The zero-order valence-corrected chi connectivity index (χ0v) is 85.3. The molecule has 6 aromatic rings. The van der Waals surface area contributed by atoms with Crippen molar-refractivity contribution in [2.45, 2.75) is 208 Å². The minimum Gasteiger partial charge on any atom is -0.476 e. The van der Waals surface area contributed by atoms with Crippen LogP contribution in [0.25, 0.3) is 21.3 Å². The summed E-state index contributed by atoms with van der Waals surface area (Å²) in [6.45, 7) is 25.2. The first-order valence-electron chi connectivity index (χ1n) is 50.5. The first kappa shape index (κ1) is 113. The fourth-order valence-corrected chi connectivity index (χ4v) is 21.4. The number of nitrogens with one attached hydrogen (secondary N) is 4. The van der Waals surface area contributed by atoms with Gasteiger partial charge < -0.3 is 92.3 Å². The maximum absolute atomic E-state index is 14.1. The number of methoxy groups -OCH3 is 1. The number of thiazole rings is 1. The third-order valence-electron chi connectivity index (χ3n) is 26.7. The lowest BCUT2D eigenvalue weighted by atomic mass is 9.39. The van der Waals surface area contributed by atoms with E-state index in [0.717, 1.165) is 76.0 Å². The van der Waals surface area contributed by atoms with Crippen molar-refractivity contribution < 1.29 is 124 Å². The van der Waals surface area contributed by atoms with Crippen molar-refractivity contribution in [2.75, 3.05) is 196 Å². The number of hydrogen-bond donors (Lipinski definition) is 5. The van der Waals surface area contributed by atoms with Gasteiger partial charge in [0.25, 0.3) is 17.7 Å². The summed E-state index contributed by atoms with van der Waals surface area (Å²) in [5.41, 5.74) is 6.07. The van der Waals surface area contributed by atoms with Crippen LogP contribution in [0.3, 0.4) is 0 Å². The molecule has 6 amide bonds. The van der Waals surface area contributed by atoms with E-state index in [2.05, 4.69) is 40.1 Å². The number of para-hydroxylation sites is 1. The smallest absolute Gasteiger partial charge is 0.355 e. The van der Waals surface area contributed by atoms with Crippen LogP contribution in [-0.4, -0.2) is 297 Å². The van der Waals surface area contributed by atoms with Gasteiger partial charge in [-0.2, -0.15) is 5.10 Å². The third-order valence-corrected chi connectivity index (χ3v) is 27.7. The van der Waals surface area contributed by atoms with Crippen LogP contribution in [0.15, 0.2) is 97.2 Å². The van der Waals surface area contributed by atoms with E-state index in [-0.39, 0.29) is 147 Å². The molecule has 6 aliphatic rings. The van der Waals surface area contributed by atoms with E-state index in [0.29, 0.717) is 237 Å². The lowest BCUT2D eigenvalue weighted by Crippen LogP contribution is -2.64. The van der Waals surface area contributed by atoms with Crippen LogP contribution in [0.2, 0.25) is 0 Å². The summed E-state index contributed by atoms with van der Waals surface area (Å²) in [6.07, 6.45) is 13.7. The van der Waals surface area contributed by atoms with Crippen LogP contribution in [0.5, 0.6) is 0 Å². The number of carboxylic acids is 1. The number of esters is 1. The van der Waals surface area contributed by atoms with Crippen LogP contribution in [-0.2, 0) is 142 Å². The Balaban J connectivity index is 0.537. The molecular weight excluding hydrogens is 1860 g/mol. The van der Waals surface area contributed by atoms with Crippen LogP contribution < -0.4 is 26.2 Å². The Bertz CT molecular complexity index is 5090. The Morgan fingerprint density at radius 1 is 0.559 bits per heavy atom. The van der Waals surface area contributed by atoms with Gasteiger partial charge in [0.2, 0.25) is 17.7 Å². The molecule has 36 nitrogen and oxygen atoms in total. The number of nitrogens with zero attached hydrogens (tertiary/aromatic N) is 6. The Hall–Kier alpha value is -10.1. The first-order chi connectivity index (χ1) is 69.0. The number of rotatable bonds is 73. The highest BCUT2D eigenvalue weighted by atomic mass is 32.1. The lowest BCUT2D eigenvalue weighted by Gasteiger charge is -2.69. The molecule has 4 bridgehead atoms. The number of pyridine rings is 1. The van der Waals surface area contributed by atoms with Gasteiger partial charge >= 0.3 is 11.9 Å². The molecule has 0 saturated heterocycles. The van der Waals surface area contributed by atoms with Crippen molar-refractivity contribution in [1.29, 1.82) is 0 Å². The number of anilines is 2. The van der Waals surface area contributed by atoms with E-state index in [1.54, 1.807) is 58.3 Å². The van der Waals surface area contributed by atoms with E-state index < -0.39 is 53.1 Å². The molecule has 143 heavy (non-hydrogen) atoms. The van der Waals surface area contributed by atoms with Gasteiger partial charge in [-0.15, -0.1) is 0 Å². The van der Waals surface area contributed by atoms with Crippen molar-refractivity contribution in [1.82, 2.24) is 40.6 Å². The summed E-state index contributed by atoms with van der Waals surface area (Å²) < 4.78 is 81.2. The Kier molecular flexibility index (Phi) is 46.2. The van der Waals surface area contributed by atoms with E-state index in [9.17, 15) is 57.8 Å². The summed E-state index contributed by atoms with van der Waals surface area (Å²) in [4.78, 5) is 159. The number of Topliss-reactive ketones (excluding diaryl/α,β-unsaturated/α-hetero) is 3. The van der Waals surface area contributed by atoms with Gasteiger partial charge in [-0.25, -0.2) is 14.8 Å². The molecule has 5 heterocycles. The standard InChI is InChI=1S/C106H148N10O26S/c1-74(2)85(62-90(119)76(4)109-98(124)81(61-82(117)20-10-9-15-35-115-94(121)31-32-95(115)122)18-13-14-34-107-93(120)66-140-59-58-139-57-56-138-55-54-137-53-52-136-51-50-135-49-48-134-47-46-133-45-44-132-43-42-131-41-40-130-39-38-129-8)100(126)110-75(3)89(118)60-78-25-27-79(28-26-78)65-141-96(123)24-17-37-142-106-70-103(6)67-104(7,71-106)69-105(68-103,72-106)73-116-77(5)86(63-108-116)83-29-30-92(112-97(83)101(127)128)114-36-33-80-19-16-21-84(87(80)64-114)99(125)113-102-111-88-22-11-12-23-91(88)143-102/h11-12,16,19,21-23,25-32,63,74-76,81,85H,9-10,13-15,17-18,20,24,33-62,64-73H2,1-8H3,(H,107,120)(H,109,124)(H,110,126)(H,127,128)(H,111,113,125)/t75-,76+,81-,85-,103?,104?,105?,106?/m0/s1. The summed E-state index contributed by atoms with van der Waals surface area (Å²) in [5, 5.41) is 27.7. The summed E-state index contributed by atoms with van der Waals surface area (Å²) in [6, 6.07) is 22.3. The number of ether oxygens (including phenoxy) is 14. The lowest BCUT2D eigenvalue weighted by molar-refractivity contribution is -0.248. The van der Waals surface area contributed by atoms with Gasteiger partial charge in [0.1, 0.15) is 24.8 Å². The fourth-order valence-electron chi connectivity index (χ4n) is 20.5. The van der Waals surface area contributed by atoms with E-state index in [1.165, 1.54) is 30.4 Å². The van der Waals surface area contributed by atoms with Crippen LogP contribution in [0.4, 0.5) is 10.9 Å². The van der Waals surface area contributed by atoms with Gasteiger partial charge in [-0.3, -0.25) is 62.8 Å². The summed E-state index contributed by atoms with van der Waals surface area (Å²) >= 11 is 1.41. The number of fused-ring (bicyclic) bond motifs is 2. The molecule has 12 rings (SSSR count). The molecule has 37 heteroatoms. The largest absolute Gasteiger partial charge is 0.476 e. The number of benzene rings is 3. The monoisotopic (exact) mass is 2010 g/mol. The molecule has 2 aliphatic heterocycles. The summed E-state index contributed by atoms with van der Waals surface area (Å²) in [5.74, 6) is -6.25. The van der Waals surface area contributed by atoms with Crippen LogP contribution >= 0.6 is 11.3 Å². The topological polar surface area (TPSA) is 435 Å². The highest BCUT2D eigenvalue weighted by Crippen LogP contribution is 2.72. The molecule has 0 spiro atoms. The molecule has 784 valence electrons. The van der Waals surface area contributed by atoms with Crippen molar-refractivity contribution in [3.8, 4) is 11.1 Å². The molecule has 3 aromatic carbocycles. The maximum atomic E-state index is 14.1. The fraction of sp³-hybridized carbons (Fsp3) is 0.623. The Labute approximate surface area is 842 Å². The number of carboxylic acid groups (broad SMARTS) is 1. The molecule has 4 aliphatic carbocycles. The zero-order chi connectivity index (χ0) is 102. The van der Waals surface area contributed by atoms with Gasteiger partial charge in [0.15, 0.2) is 22.4 Å². The van der Waals surface area contributed by atoms with E-state index in [4.69, 9.17) is 76.4 Å². The molecule has 0 radical (unpaired) electrons. The van der Waals surface area contributed by atoms with Gasteiger partial charge in [0.05, 0.1) is 179 Å². The molecular formula is C106H148N10O26S. The van der Waals surface area contributed by atoms with E-state index in [1.807, 2.05) is 71.1 Å². The minimum atomic E-state index is -1.16. The number of aromatic carboxylic acids is 1.